The van der Waals surface area contributed by atoms with Crippen LogP contribution in [0.3, 0.4) is 0 Å². The highest BCUT2D eigenvalue weighted by Gasteiger charge is 2.07. The van der Waals surface area contributed by atoms with Gasteiger partial charge >= 0.3 is 0 Å². The molecule has 4 heteroatoms. The third-order valence-corrected chi connectivity index (χ3v) is 1.86. The van der Waals surface area contributed by atoms with Gasteiger partial charge in [0.15, 0.2) is 0 Å². The zero-order valence-corrected chi connectivity index (χ0v) is 8.01. The minimum absolute atomic E-state index is 0.202. The number of amides is 1. The van der Waals surface area contributed by atoms with Gasteiger partial charge in [0.05, 0.1) is 5.69 Å². The van der Waals surface area contributed by atoms with Gasteiger partial charge in [0, 0.05) is 13.0 Å². The summed E-state index contributed by atoms with van der Waals surface area (Å²) in [6.07, 6.45) is 0.202. The van der Waals surface area contributed by atoms with Crippen LogP contribution in [0.1, 0.15) is 12.0 Å². The van der Waals surface area contributed by atoms with Crippen LogP contribution in [0.25, 0.3) is 0 Å². The minimum atomic E-state index is -0.421. The van der Waals surface area contributed by atoms with Crippen molar-refractivity contribution in [3.63, 3.8) is 0 Å². The summed E-state index contributed by atoms with van der Waals surface area (Å²) in [7, 11) is 0. The van der Waals surface area contributed by atoms with Crippen molar-refractivity contribution in [2.75, 3.05) is 11.9 Å². The van der Waals surface area contributed by atoms with E-state index in [9.17, 15) is 9.18 Å². The number of carbonyl (C=O) groups is 1. The highest BCUT2D eigenvalue weighted by atomic mass is 19.1. The van der Waals surface area contributed by atoms with E-state index in [0.29, 0.717) is 5.56 Å². The molecule has 3 nitrogen and oxygen atoms in total. The number of carbonyl (C=O) groups excluding carboxylic acids is 1. The Kier molecular flexibility index (Phi) is 3.59. The highest BCUT2D eigenvalue weighted by Crippen LogP contribution is 2.18. The Morgan fingerprint density at radius 1 is 1.57 bits per heavy atom. The maximum Gasteiger partial charge on any atom is 0.225 e. The standard InChI is InChI=1S/C10H13FN2O/c1-7-3-2-4-8(11)10(7)13-9(14)5-6-12/h2-4H,5-6,12H2,1H3,(H,13,14). The minimum Gasteiger partial charge on any atom is -0.330 e. The summed E-state index contributed by atoms with van der Waals surface area (Å²) in [4.78, 5) is 11.2. The fourth-order valence-electron chi connectivity index (χ4n) is 1.12. The molecule has 0 saturated heterocycles. The van der Waals surface area contributed by atoms with Gasteiger partial charge in [-0.2, -0.15) is 0 Å². The molecule has 1 rings (SSSR count). The monoisotopic (exact) mass is 196 g/mol. The molecule has 0 heterocycles. The van der Waals surface area contributed by atoms with Gasteiger partial charge in [0.25, 0.3) is 0 Å². The van der Waals surface area contributed by atoms with Crippen LogP contribution >= 0.6 is 0 Å². The number of benzene rings is 1. The molecule has 0 unspecified atom stereocenters. The number of aryl methyl sites for hydroxylation is 1. The summed E-state index contributed by atoms with van der Waals surface area (Å²) in [5.74, 6) is -0.684. The third kappa shape index (κ3) is 2.53. The van der Waals surface area contributed by atoms with E-state index in [1.807, 2.05) is 0 Å². The van der Waals surface area contributed by atoms with E-state index in [2.05, 4.69) is 5.32 Å². The maximum atomic E-state index is 13.2. The number of rotatable bonds is 3. The highest BCUT2D eigenvalue weighted by molar-refractivity contribution is 5.91. The molecule has 0 bridgehead atoms. The van der Waals surface area contributed by atoms with Crippen LogP contribution in [0.15, 0.2) is 18.2 Å². The molecule has 0 aliphatic carbocycles. The zero-order chi connectivity index (χ0) is 10.6. The van der Waals surface area contributed by atoms with Gasteiger partial charge in [0.1, 0.15) is 5.82 Å². The van der Waals surface area contributed by atoms with Crippen LogP contribution in [0.4, 0.5) is 10.1 Å². The molecule has 1 aromatic rings. The first kappa shape index (κ1) is 10.7. The van der Waals surface area contributed by atoms with E-state index in [1.165, 1.54) is 6.07 Å². The summed E-state index contributed by atoms with van der Waals surface area (Å²) in [5.41, 5.74) is 6.15. The fourth-order valence-corrected chi connectivity index (χ4v) is 1.12. The molecule has 0 fully saturated rings. The SMILES string of the molecule is Cc1cccc(F)c1NC(=O)CCN. The molecule has 0 aliphatic rings. The van der Waals surface area contributed by atoms with E-state index in [-0.39, 0.29) is 24.6 Å². The van der Waals surface area contributed by atoms with Crippen molar-refractivity contribution < 1.29 is 9.18 Å². The topological polar surface area (TPSA) is 55.1 Å². The molecule has 76 valence electrons. The van der Waals surface area contributed by atoms with Crippen molar-refractivity contribution in [3.05, 3.63) is 29.6 Å². The van der Waals surface area contributed by atoms with Crippen molar-refractivity contribution >= 4 is 11.6 Å². The first-order valence-electron chi connectivity index (χ1n) is 4.40. The largest absolute Gasteiger partial charge is 0.330 e. The molecule has 0 aromatic heterocycles. The summed E-state index contributed by atoms with van der Waals surface area (Å²) in [6, 6.07) is 4.65. The van der Waals surface area contributed by atoms with E-state index >= 15 is 0 Å². The Morgan fingerprint density at radius 2 is 2.29 bits per heavy atom. The lowest BCUT2D eigenvalue weighted by atomic mass is 10.2. The zero-order valence-electron chi connectivity index (χ0n) is 8.01. The Morgan fingerprint density at radius 3 is 2.86 bits per heavy atom. The Hall–Kier alpha value is -1.42. The molecule has 1 amide bonds. The van der Waals surface area contributed by atoms with Gasteiger partial charge < -0.3 is 11.1 Å². The molecule has 3 N–H and O–H groups in total. The molecule has 0 aliphatic heterocycles. The number of hydrogen-bond acceptors (Lipinski definition) is 2. The number of para-hydroxylation sites is 1. The predicted molar refractivity (Wildman–Crippen MR) is 53.4 cm³/mol. The van der Waals surface area contributed by atoms with Gasteiger partial charge in [-0.05, 0) is 18.6 Å². The Balaban J connectivity index is 2.80. The quantitative estimate of drug-likeness (QED) is 0.768. The van der Waals surface area contributed by atoms with Gasteiger partial charge in [-0.1, -0.05) is 12.1 Å². The summed E-state index contributed by atoms with van der Waals surface area (Å²) in [5, 5.41) is 2.49. The van der Waals surface area contributed by atoms with E-state index in [4.69, 9.17) is 5.73 Å². The van der Waals surface area contributed by atoms with Crippen molar-refractivity contribution in [1.29, 1.82) is 0 Å². The van der Waals surface area contributed by atoms with Gasteiger partial charge in [-0.3, -0.25) is 4.79 Å². The second-order valence-electron chi connectivity index (χ2n) is 3.02. The van der Waals surface area contributed by atoms with Crippen LogP contribution < -0.4 is 11.1 Å². The average Bonchev–Trinajstić information content (AvgIpc) is 2.12. The van der Waals surface area contributed by atoms with E-state index < -0.39 is 5.82 Å². The van der Waals surface area contributed by atoms with Crippen LogP contribution in [0.5, 0.6) is 0 Å². The molecule has 0 radical (unpaired) electrons. The first-order chi connectivity index (χ1) is 6.65. The fraction of sp³-hybridized carbons (Fsp3) is 0.300. The van der Waals surface area contributed by atoms with Crippen LogP contribution in [0.2, 0.25) is 0 Å². The van der Waals surface area contributed by atoms with Crippen molar-refractivity contribution in [2.45, 2.75) is 13.3 Å². The van der Waals surface area contributed by atoms with Crippen molar-refractivity contribution in [3.8, 4) is 0 Å². The second kappa shape index (κ2) is 4.72. The molecule has 14 heavy (non-hydrogen) atoms. The molecule has 0 saturated carbocycles. The van der Waals surface area contributed by atoms with Gasteiger partial charge in [-0.25, -0.2) is 4.39 Å². The van der Waals surface area contributed by atoms with Crippen molar-refractivity contribution in [2.24, 2.45) is 5.73 Å². The lowest BCUT2D eigenvalue weighted by Gasteiger charge is -2.08. The predicted octanol–water partition coefficient (Wildman–Crippen LogP) is 1.42. The lowest BCUT2D eigenvalue weighted by molar-refractivity contribution is -0.116. The van der Waals surface area contributed by atoms with E-state index in [1.54, 1.807) is 19.1 Å². The summed E-state index contributed by atoms with van der Waals surface area (Å²) < 4.78 is 13.2. The first-order valence-corrected chi connectivity index (χ1v) is 4.40. The van der Waals surface area contributed by atoms with Crippen LogP contribution in [-0.2, 0) is 4.79 Å². The Labute approximate surface area is 82.1 Å². The summed E-state index contributed by atoms with van der Waals surface area (Å²) in [6.45, 7) is 2.00. The molecule has 0 atom stereocenters. The number of halogens is 1. The number of anilines is 1. The lowest BCUT2D eigenvalue weighted by Crippen LogP contribution is -2.17. The normalized spacial score (nSPS) is 9.93. The maximum absolute atomic E-state index is 13.2. The molecule has 1 aromatic carbocycles. The van der Waals surface area contributed by atoms with Gasteiger partial charge in [0.2, 0.25) is 5.91 Å². The second-order valence-corrected chi connectivity index (χ2v) is 3.02. The van der Waals surface area contributed by atoms with Crippen LogP contribution in [-0.4, -0.2) is 12.5 Å². The third-order valence-electron chi connectivity index (χ3n) is 1.86. The summed E-state index contributed by atoms with van der Waals surface area (Å²) >= 11 is 0. The average molecular weight is 196 g/mol. The van der Waals surface area contributed by atoms with Gasteiger partial charge in [-0.15, -0.1) is 0 Å². The molecular formula is C10H13FN2O. The molecular weight excluding hydrogens is 183 g/mol. The number of hydrogen-bond donors (Lipinski definition) is 2. The number of nitrogens with one attached hydrogen (secondary N) is 1. The Bertz CT molecular complexity index is 319. The number of nitrogens with two attached hydrogens (primary N) is 1. The van der Waals surface area contributed by atoms with E-state index in [0.717, 1.165) is 0 Å². The molecule has 0 spiro atoms. The van der Waals surface area contributed by atoms with Crippen LogP contribution in [0, 0.1) is 12.7 Å². The smallest absolute Gasteiger partial charge is 0.225 e. The van der Waals surface area contributed by atoms with Crippen molar-refractivity contribution in [1.82, 2.24) is 0 Å².